The highest BCUT2D eigenvalue weighted by Gasteiger charge is 2.22. The Hall–Kier alpha value is -6.65. The summed E-state index contributed by atoms with van der Waals surface area (Å²) in [6, 6.07) is 60.4. The van der Waals surface area contributed by atoms with Crippen molar-refractivity contribution in [1.82, 2.24) is 9.55 Å². The summed E-state index contributed by atoms with van der Waals surface area (Å²) in [5.41, 5.74) is 11.5. The maximum absolute atomic E-state index is 6.19. The van der Waals surface area contributed by atoms with Gasteiger partial charge in [-0.2, -0.15) is 0 Å². The molecule has 0 atom stereocenters. The van der Waals surface area contributed by atoms with Crippen LogP contribution in [0.5, 0.6) is 0 Å². The molecule has 4 heteroatoms. The smallest absolute Gasteiger partial charge is 0.153 e. The lowest BCUT2D eigenvalue weighted by molar-refractivity contribution is 0.668. The van der Waals surface area contributed by atoms with Crippen LogP contribution in [0.15, 0.2) is 180 Å². The van der Waals surface area contributed by atoms with E-state index in [1.807, 2.05) is 18.3 Å². The van der Waals surface area contributed by atoms with Gasteiger partial charge in [-0.1, -0.05) is 91.0 Å². The van der Waals surface area contributed by atoms with Gasteiger partial charge in [0.05, 0.1) is 16.7 Å². The lowest BCUT2D eigenvalue weighted by Gasteiger charge is -2.27. The standard InChI is InChI=1S/C45H29N3O/c1-2-12-34(13-3-1)48-39-15-7-6-14-37(39)44-40(16-8-17-41(44)48)47(36-25-26-42-38(29-36)45-43(49-42)18-9-27-46-45)35-23-21-31(22-24-35)33-20-19-30-10-4-5-11-32(30)28-33/h1-29H. The molecule has 0 aliphatic rings. The van der Waals surface area contributed by atoms with Gasteiger partial charge in [0.2, 0.25) is 0 Å². The molecule has 10 rings (SSSR count). The van der Waals surface area contributed by atoms with Gasteiger partial charge >= 0.3 is 0 Å². The molecule has 7 aromatic carbocycles. The van der Waals surface area contributed by atoms with Gasteiger partial charge in [-0.05, 0) is 101 Å². The Bertz CT molecular complexity index is 2830. The number of benzene rings is 7. The average molecular weight is 628 g/mol. The fourth-order valence-electron chi connectivity index (χ4n) is 7.37. The van der Waals surface area contributed by atoms with Crippen LogP contribution < -0.4 is 4.90 Å². The van der Waals surface area contributed by atoms with Crippen LogP contribution in [0.25, 0.3) is 71.5 Å². The second-order valence-electron chi connectivity index (χ2n) is 12.4. The third-order valence-corrected chi connectivity index (χ3v) is 9.61. The highest BCUT2D eigenvalue weighted by atomic mass is 16.3. The summed E-state index contributed by atoms with van der Waals surface area (Å²) >= 11 is 0. The van der Waals surface area contributed by atoms with Crippen molar-refractivity contribution in [1.29, 1.82) is 0 Å². The zero-order chi connectivity index (χ0) is 32.3. The van der Waals surface area contributed by atoms with Crippen molar-refractivity contribution < 1.29 is 4.42 Å². The van der Waals surface area contributed by atoms with Crippen molar-refractivity contribution in [3.63, 3.8) is 0 Å². The minimum atomic E-state index is 0.786. The predicted octanol–water partition coefficient (Wildman–Crippen LogP) is 12.4. The van der Waals surface area contributed by atoms with E-state index in [-0.39, 0.29) is 0 Å². The molecular formula is C45H29N3O. The maximum atomic E-state index is 6.19. The third kappa shape index (κ3) is 4.42. The van der Waals surface area contributed by atoms with E-state index >= 15 is 0 Å². The first-order valence-electron chi connectivity index (χ1n) is 16.5. The van der Waals surface area contributed by atoms with E-state index in [9.17, 15) is 0 Å². The summed E-state index contributed by atoms with van der Waals surface area (Å²) in [6.07, 6.45) is 1.83. The molecule has 3 heterocycles. The number of hydrogen-bond donors (Lipinski definition) is 0. The Morgan fingerprint density at radius 1 is 0.490 bits per heavy atom. The first kappa shape index (κ1) is 27.5. The van der Waals surface area contributed by atoms with Crippen molar-refractivity contribution in [2.24, 2.45) is 0 Å². The lowest BCUT2D eigenvalue weighted by atomic mass is 10.0. The SMILES string of the molecule is c1ccc(-n2c3ccccc3c3c(N(c4ccc(-c5ccc6ccccc6c5)cc4)c4ccc5oc6cccnc6c5c4)cccc32)cc1. The number of fused-ring (bicyclic) bond motifs is 7. The molecule has 230 valence electrons. The van der Waals surface area contributed by atoms with Crippen molar-refractivity contribution >= 4 is 71.7 Å². The molecule has 0 spiro atoms. The highest BCUT2D eigenvalue weighted by Crippen LogP contribution is 2.45. The number of furan rings is 1. The van der Waals surface area contributed by atoms with Gasteiger partial charge < -0.3 is 13.9 Å². The van der Waals surface area contributed by atoms with Gasteiger partial charge in [0, 0.05) is 39.4 Å². The molecular weight excluding hydrogens is 599 g/mol. The van der Waals surface area contributed by atoms with Crippen molar-refractivity contribution in [2.75, 3.05) is 4.90 Å². The normalized spacial score (nSPS) is 11.7. The Morgan fingerprint density at radius 2 is 1.24 bits per heavy atom. The average Bonchev–Trinajstić information content (AvgIpc) is 3.71. The minimum absolute atomic E-state index is 0.786. The van der Waals surface area contributed by atoms with Gasteiger partial charge in [-0.3, -0.25) is 4.98 Å². The van der Waals surface area contributed by atoms with Crippen LogP contribution >= 0.6 is 0 Å². The fraction of sp³-hybridized carbons (Fsp3) is 0. The van der Waals surface area contributed by atoms with E-state index in [0.29, 0.717) is 0 Å². The number of para-hydroxylation sites is 2. The molecule has 0 radical (unpaired) electrons. The Balaban J connectivity index is 1.21. The summed E-state index contributed by atoms with van der Waals surface area (Å²) in [5, 5.41) is 5.86. The Morgan fingerprint density at radius 3 is 2.14 bits per heavy atom. The number of pyridine rings is 1. The quantitative estimate of drug-likeness (QED) is 0.190. The molecule has 49 heavy (non-hydrogen) atoms. The van der Waals surface area contributed by atoms with Gasteiger partial charge in [0.15, 0.2) is 5.58 Å². The van der Waals surface area contributed by atoms with Gasteiger partial charge in [0.25, 0.3) is 0 Å². The van der Waals surface area contributed by atoms with Crippen LogP contribution in [0.1, 0.15) is 0 Å². The Kier molecular flexibility index (Phi) is 6.15. The molecule has 10 aromatic rings. The number of nitrogens with zero attached hydrogens (tertiary/aromatic N) is 3. The van der Waals surface area contributed by atoms with E-state index in [0.717, 1.165) is 50.3 Å². The van der Waals surface area contributed by atoms with E-state index in [2.05, 4.69) is 167 Å². The van der Waals surface area contributed by atoms with Gasteiger partial charge in [-0.15, -0.1) is 0 Å². The zero-order valence-electron chi connectivity index (χ0n) is 26.5. The number of rotatable bonds is 5. The lowest BCUT2D eigenvalue weighted by Crippen LogP contribution is -2.10. The molecule has 0 aliphatic carbocycles. The largest absolute Gasteiger partial charge is 0.454 e. The molecule has 3 aromatic heterocycles. The number of aromatic nitrogens is 2. The van der Waals surface area contributed by atoms with Gasteiger partial charge in [0.1, 0.15) is 11.1 Å². The Labute approximate surface area is 282 Å². The second kappa shape index (κ2) is 11.0. The summed E-state index contributed by atoms with van der Waals surface area (Å²) in [6.45, 7) is 0. The molecule has 0 saturated heterocycles. The molecule has 0 bridgehead atoms. The molecule has 0 N–H and O–H groups in total. The van der Waals surface area contributed by atoms with E-state index in [1.165, 1.54) is 38.2 Å². The summed E-state index contributed by atoms with van der Waals surface area (Å²) in [7, 11) is 0. The van der Waals surface area contributed by atoms with Crippen LogP contribution in [-0.4, -0.2) is 9.55 Å². The highest BCUT2D eigenvalue weighted by molar-refractivity contribution is 6.17. The molecule has 0 unspecified atom stereocenters. The van der Waals surface area contributed by atoms with Gasteiger partial charge in [-0.25, -0.2) is 0 Å². The van der Waals surface area contributed by atoms with Crippen molar-refractivity contribution in [3.05, 3.63) is 176 Å². The molecule has 0 aliphatic heterocycles. The van der Waals surface area contributed by atoms with Crippen LogP contribution in [0.2, 0.25) is 0 Å². The maximum Gasteiger partial charge on any atom is 0.153 e. The summed E-state index contributed by atoms with van der Waals surface area (Å²) in [4.78, 5) is 7.06. The van der Waals surface area contributed by atoms with Crippen LogP contribution in [0.4, 0.5) is 17.1 Å². The number of hydrogen-bond acceptors (Lipinski definition) is 3. The molecule has 0 fully saturated rings. The fourth-order valence-corrected chi connectivity index (χ4v) is 7.37. The summed E-state index contributed by atoms with van der Waals surface area (Å²) < 4.78 is 8.56. The summed E-state index contributed by atoms with van der Waals surface area (Å²) in [5.74, 6) is 0. The van der Waals surface area contributed by atoms with Crippen LogP contribution in [0.3, 0.4) is 0 Å². The molecule has 0 saturated carbocycles. The van der Waals surface area contributed by atoms with Crippen LogP contribution in [0, 0.1) is 0 Å². The van der Waals surface area contributed by atoms with Crippen molar-refractivity contribution in [2.45, 2.75) is 0 Å². The second-order valence-corrected chi connectivity index (χ2v) is 12.4. The zero-order valence-corrected chi connectivity index (χ0v) is 26.5. The predicted molar refractivity (Wildman–Crippen MR) is 203 cm³/mol. The first-order valence-corrected chi connectivity index (χ1v) is 16.5. The first-order chi connectivity index (χ1) is 24.3. The third-order valence-electron chi connectivity index (χ3n) is 9.61. The topological polar surface area (TPSA) is 34.2 Å². The van der Waals surface area contributed by atoms with E-state index < -0.39 is 0 Å². The molecule has 0 amide bonds. The van der Waals surface area contributed by atoms with E-state index in [1.54, 1.807) is 0 Å². The molecule has 4 nitrogen and oxygen atoms in total. The minimum Gasteiger partial charge on any atom is -0.454 e. The number of anilines is 3. The monoisotopic (exact) mass is 627 g/mol. The van der Waals surface area contributed by atoms with E-state index in [4.69, 9.17) is 9.40 Å². The van der Waals surface area contributed by atoms with Crippen LogP contribution in [-0.2, 0) is 0 Å². The van der Waals surface area contributed by atoms with Crippen molar-refractivity contribution in [3.8, 4) is 16.8 Å².